The summed E-state index contributed by atoms with van der Waals surface area (Å²) in [6.45, 7) is -3.31. The molecule has 51 heteroatoms. The molecule has 690 valence electrons. The van der Waals surface area contributed by atoms with Crippen LogP contribution in [0.15, 0.2) is 78.9 Å². The highest BCUT2D eigenvalue weighted by Gasteiger charge is 2.59. The van der Waals surface area contributed by atoms with Gasteiger partial charge in [0.05, 0.1) is 55.6 Å². The molecule has 0 aromatic heterocycles. The minimum Gasteiger partial charge on any atom is -0.504 e. The first-order valence-electron chi connectivity index (χ1n) is 37.0. The van der Waals surface area contributed by atoms with Gasteiger partial charge in [0.2, 0.25) is 59.3 Å². The van der Waals surface area contributed by atoms with E-state index in [-0.39, 0.29) is 36.4 Å². The molecule has 0 bridgehead atoms. The number of phenols is 29. The van der Waals surface area contributed by atoms with Gasteiger partial charge in [-0.25, -0.2) is 47.9 Å². The summed E-state index contributed by atoms with van der Waals surface area (Å²) in [5.41, 5.74) is -24.1. The summed E-state index contributed by atoms with van der Waals surface area (Å²) < 4.78 is 69.1. The van der Waals surface area contributed by atoms with Crippen molar-refractivity contribution >= 4 is 59.7 Å². The van der Waals surface area contributed by atoms with Gasteiger partial charge in [-0.1, -0.05) is 0 Å². The van der Waals surface area contributed by atoms with E-state index >= 15 is 24.0 Å². The van der Waals surface area contributed by atoms with Crippen molar-refractivity contribution in [2.75, 3.05) is 13.2 Å². The summed E-state index contributed by atoms with van der Waals surface area (Å²) in [4.78, 5) is 150. The largest absolute Gasteiger partial charge is 0.504 e. The number of aromatic hydroxyl groups is 29. The van der Waals surface area contributed by atoms with E-state index in [0.29, 0.717) is 42.5 Å². The normalized spacial score (nSPS) is 19.7. The molecule has 0 amide bonds. The fourth-order valence-electron chi connectivity index (χ4n) is 14.8. The molecule has 15 rings (SSSR count). The number of hydrogen-bond acceptors (Lipinski definition) is 51. The molecular formula is C82H56O51. The number of ether oxygens (including phenoxy) is 12. The van der Waals surface area contributed by atoms with Crippen molar-refractivity contribution in [3.05, 3.63) is 134 Å². The number of carbonyl (C=O) groups is 10. The standard InChI is InChI=1S/C82H56O51/c83-27-1-16(2-28(84)49(27)96)71(112)128-67-65-39(15-123-75(116)22-9-34(90)53(100)60(107)43(22)45-24(77(118)126-65)11-36(92)55(102)62(45)109)125-82(69(67)130-72(113)17-3-29(85)50(97)30(86)4-17)133-80(121)21-8-33(89)52(99)58(105)41(21)19-7-20-42(59(106)48(19)95)44-23(10-35(91)54(101)61(44)108)76(117)127-66-40(14-122-74(20)115)124-81(132-73(114)18-5-31(87)51(98)32(88)6-18)70-68(66)129-78(119)25-12-37(93)56(103)63(110)46(25)47-26(79(120)131-70)13-38(94)57(104)64(47)111/h1-13,39-40,65-70,81-111H,14-15H2. The first kappa shape index (κ1) is 88.9. The Morgan fingerprint density at radius 1 is 0.226 bits per heavy atom. The number of benzene rings is 10. The van der Waals surface area contributed by atoms with Crippen LogP contribution in [0.25, 0.3) is 44.5 Å². The van der Waals surface area contributed by atoms with Crippen LogP contribution in [0.5, 0.6) is 167 Å². The molecule has 5 heterocycles. The zero-order valence-electron chi connectivity index (χ0n) is 65.1. The second-order valence-corrected chi connectivity index (χ2v) is 29.0. The zero-order chi connectivity index (χ0) is 96.8. The van der Waals surface area contributed by atoms with Crippen LogP contribution >= 0.6 is 0 Å². The number of hydrogen-bond donors (Lipinski definition) is 29. The highest BCUT2D eigenvalue weighted by molar-refractivity contribution is 6.13. The van der Waals surface area contributed by atoms with Gasteiger partial charge in [0, 0.05) is 44.5 Å². The summed E-state index contributed by atoms with van der Waals surface area (Å²) in [5.74, 6) is -64.7. The van der Waals surface area contributed by atoms with Crippen LogP contribution in [0.3, 0.4) is 0 Å². The summed E-state index contributed by atoms with van der Waals surface area (Å²) >= 11 is 0. The summed E-state index contributed by atoms with van der Waals surface area (Å²) in [7, 11) is 0. The quantitative estimate of drug-likeness (QED) is 0.0558. The lowest BCUT2D eigenvalue weighted by molar-refractivity contribution is -0.282. The molecular weight excluding hydrogens is 1800 g/mol. The summed E-state index contributed by atoms with van der Waals surface area (Å²) in [5, 5.41) is 321. The Hall–Kier alpha value is -19.0. The molecule has 0 spiro atoms. The molecule has 10 atom stereocenters. The maximum atomic E-state index is 15.7. The van der Waals surface area contributed by atoms with Gasteiger partial charge in [0.1, 0.15) is 25.4 Å². The summed E-state index contributed by atoms with van der Waals surface area (Å²) in [6.07, 6.45) is -28.6. The third-order valence-electron chi connectivity index (χ3n) is 21.1. The number of fused-ring (bicyclic) bond motifs is 13. The Bertz CT molecular complexity index is 6770. The van der Waals surface area contributed by atoms with E-state index in [4.69, 9.17) is 56.8 Å². The van der Waals surface area contributed by atoms with Crippen LogP contribution in [-0.2, 0) is 56.8 Å². The topological polar surface area (TPSA) is 868 Å². The molecule has 2 saturated heterocycles. The second-order valence-electron chi connectivity index (χ2n) is 29.0. The van der Waals surface area contributed by atoms with E-state index in [1.54, 1.807) is 0 Å². The molecule has 51 nitrogen and oxygen atoms in total. The number of cyclic esters (lactones) is 2. The average Bonchev–Trinajstić information content (AvgIpc) is 1.75. The molecule has 10 unspecified atom stereocenters. The Labute approximate surface area is 730 Å². The number of esters is 10. The molecule has 0 radical (unpaired) electrons. The van der Waals surface area contributed by atoms with Crippen LogP contribution in [0.1, 0.15) is 104 Å². The second kappa shape index (κ2) is 32.5. The summed E-state index contributed by atoms with van der Waals surface area (Å²) in [6, 6.07) is 3.85. The molecule has 2 fully saturated rings. The maximum absolute atomic E-state index is 15.7. The number of rotatable bonds is 9. The Kier molecular flexibility index (Phi) is 21.7. The van der Waals surface area contributed by atoms with E-state index in [0.717, 1.165) is 0 Å². The van der Waals surface area contributed by atoms with Crippen LogP contribution in [0, 0.1) is 0 Å². The van der Waals surface area contributed by atoms with Crippen molar-refractivity contribution in [3.8, 4) is 211 Å². The monoisotopic (exact) mass is 1860 g/mol. The van der Waals surface area contributed by atoms with Crippen LogP contribution in [0.4, 0.5) is 0 Å². The average molecular weight is 1860 g/mol. The van der Waals surface area contributed by atoms with Crippen molar-refractivity contribution in [2.45, 2.75) is 61.4 Å². The molecule has 5 aliphatic rings. The first-order valence-corrected chi connectivity index (χ1v) is 37.0. The van der Waals surface area contributed by atoms with Crippen molar-refractivity contribution in [1.82, 2.24) is 0 Å². The SMILES string of the molecule is O=C(OC1OC2COC(=O)c3cc(-c4c(C(=O)OC5OC6COC(=O)c7cc(O)c(O)c(O)c7-c7c(cc(O)c(O)c7O)C(=O)OC6C(OC(=O)c6cc(O)c(O)c(O)c6)C5OC(=O)c5cc(O)c(O)c(O)c5)cc(O)c(O)c4O)c(O)c(O)c3-c3c(cc(O)c(O)c3O)C(=O)OC2C2OC(=O)c3cc(O)c(O)c(O)c3-c3c(cc(O)c(O)c3O)C(=O)OC12)c1cc(O)c(O)c(O)c1. The highest BCUT2D eigenvalue weighted by atomic mass is 16.8. The van der Waals surface area contributed by atoms with Gasteiger partial charge in [-0.3, -0.25) is 0 Å². The van der Waals surface area contributed by atoms with Crippen LogP contribution in [0.2, 0.25) is 0 Å². The fourth-order valence-corrected chi connectivity index (χ4v) is 14.8. The van der Waals surface area contributed by atoms with Gasteiger partial charge < -0.3 is 205 Å². The Balaban J connectivity index is 0.887. The van der Waals surface area contributed by atoms with E-state index < -0.39 is 401 Å². The lowest BCUT2D eigenvalue weighted by Crippen LogP contribution is -2.63. The third-order valence-corrected chi connectivity index (χ3v) is 21.1. The first-order chi connectivity index (χ1) is 62.6. The fraction of sp³-hybridized carbons (Fsp3) is 0.146. The molecule has 0 saturated carbocycles. The lowest BCUT2D eigenvalue weighted by Gasteiger charge is -2.44. The van der Waals surface area contributed by atoms with Crippen LogP contribution < -0.4 is 0 Å². The lowest BCUT2D eigenvalue weighted by atomic mass is 9.87. The van der Waals surface area contributed by atoms with Gasteiger partial charge in [0.15, 0.2) is 157 Å². The van der Waals surface area contributed by atoms with Gasteiger partial charge in [-0.05, 0) is 78.9 Å². The molecule has 29 N–H and O–H groups in total. The van der Waals surface area contributed by atoms with E-state index in [1.165, 1.54) is 0 Å². The number of phenolic OH excluding ortho intramolecular Hbond substituents is 29. The van der Waals surface area contributed by atoms with Gasteiger partial charge >= 0.3 is 59.7 Å². The predicted octanol–water partition coefficient (Wildman–Crippen LogP) is 3.59. The van der Waals surface area contributed by atoms with Crippen molar-refractivity contribution in [1.29, 1.82) is 0 Å². The highest BCUT2D eigenvalue weighted by Crippen LogP contribution is 2.60. The molecule has 10 aromatic carbocycles. The van der Waals surface area contributed by atoms with E-state index in [9.17, 15) is 172 Å². The molecule has 10 aromatic rings. The van der Waals surface area contributed by atoms with Gasteiger partial charge in [-0.2, -0.15) is 0 Å². The smallest absolute Gasteiger partial charge is 0.341 e. The molecule has 0 aliphatic carbocycles. The molecule has 5 aliphatic heterocycles. The predicted molar refractivity (Wildman–Crippen MR) is 413 cm³/mol. The van der Waals surface area contributed by atoms with E-state index in [2.05, 4.69) is 0 Å². The minimum absolute atomic E-state index is 0.0842. The van der Waals surface area contributed by atoms with Crippen molar-refractivity contribution in [2.24, 2.45) is 0 Å². The minimum atomic E-state index is -3.17. The molecule has 133 heavy (non-hydrogen) atoms. The Morgan fingerprint density at radius 2 is 0.481 bits per heavy atom. The van der Waals surface area contributed by atoms with Crippen LogP contribution in [-0.4, -0.2) is 282 Å². The van der Waals surface area contributed by atoms with Gasteiger partial charge in [-0.15, -0.1) is 0 Å². The zero-order valence-corrected chi connectivity index (χ0v) is 65.1. The van der Waals surface area contributed by atoms with Gasteiger partial charge in [0.25, 0.3) is 0 Å². The Morgan fingerprint density at radius 3 is 0.842 bits per heavy atom. The van der Waals surface area contributed by atoms with Crippen molar-refractivity contribution in [3.63, 3.8) is 0 Å². The third kappa shape index (κ3) is 14.8. The van der Waals surface area contributed by atoms with Crippen molar-refractivity contribution < 1.29 is 253 Å². The maximum Gasteiger partial charge on any atom is 0.341 e. The number of carbonyl (C=O) groups excluding carboxylic acids is 10. The van der Waals surface area contributed by atoms with E-state index in [1.807, 2.05) is 0 Å².